The van der Waals surface area contributed by atoms with Crippen molar-refractivity contribution in [3.05, 3.63) is 0 Å². The second kappa shape index (κ2) is 17.3. The maximum Gasteiger partial charge on any atom is 0.132 e. The molecule has 0 saturated heterocycles. The molecule has 7 heteroatoms. The second-order valence-corrected chi connectivity index (χ2v) is 5.93. The van der Waals surface area contributed by atoms with E-state index in [1.807, 2.05) is 6.92 Å². The summed E-state index contributed by atoms with van der Waals surface area (Å²) in [6.07, 6.45) is 0. The molecule has 0 fully saturated rings. The fourth-order valence-corrected chi connectivity index (χ4v) is 1.92. The van der Waals surface area contributed by atoms with Gasteiger partial charge >= 0.3 is 0 Å². The first-order valence-corrected chi connectivity index (χ1v) is 9.21. The number of rotatable bonds is 15. The van der Waals surface area contributed by atoms with E-state index in [2.05, 4.69) is 45.2 Å². The standard InChI is InChI=1S/C12H24I2O5/c1-2-15-5-6-17-7-8-18-11-12(14)19-10-9-16-4-3-13/h12H,2-11H2,1H3. The van der Waals surface area contributed by atoms with Crippen molar-refractivity contribution in [2.45, 2.75) is 11.0 Å². The van der Waals surface area contributed by atoms with Crippen molar-refractivity contribution in [3.8, 4) is 0 Å². The maximum absolute atomic E-state index is 5.52. The third-order valence-electron chi connectivity index (χ3n) is 1.94. The van der Waals surface area contributed by atoms with E-state index >= 15 is 0 Å². The zero-order valence-corrected chi connectivity index (χ0v) is 15.8. The van der Waals surface area contributed by atoms with Gasteiger partial charge in [0, 0.05) is 11.0 Å². The van der Waals surface area contributed by atoms with Crippen molar-refractivity contribution >= 4 is 45.2 Å². The van der Waals surface area contributed by atoms with Gasteiger partial charge in [0.1, 0.15) is 4.11 Å². The van der Waals surface area contributed by atoms with Crippen LogP contribution in [0.4, 0.5) is 0 Å². The van der Waals surface area contributed by atoms with E-state index in [0.29, 0.717) is 46.2 Å². The normalized spacial score (nSPS) is 12.8. The van der Waals surface area contributed by atoms with Gasteiger partial charge in [-0.25, -0.2) is 0 Å². The number of hydrogen-bond donors (Lipinski definition) is 0. The summed E-state index contributed by atoms with van der Waals surface area (Å²) in [6, 6.07) is 0. The van der Waals surface area contributed by atoms with Crippen molar-refractivity contribution in [1.82, 2.24) is 0 Å². The molecule has 1 unspecified atom stereocenters. The van der Waals surface area contributed by atoms with Gasteiger partial charge in [0.15, 0.2) is 0 Å². The molecule has 116 valence electrons. The highest BCUT2D eigenvalue weighted by atomic mass is 127. The summed E-state index contributed by atoms with van der Waals surface area (Å²) in [7, 11) is 0. The molecule has 0 N–H and O–H groups in total. The Labute approximate surface area is 143 Å². The lowest BCUT2D eigenvalue weighted by atomic mass is 10.7. The second-order valence-electron chi connectivity index (χ2n) is 3.47. The quantitative estimate of drug-likeness (QED) is 0.196. The highest BCUT2D eigenvalue weighted by Crippen LogP contribution is 2.03. The molecule has 0 aliphatic carbocycles. The van der Waals surface area contributed by atoms with Crippen LogP contribution >= 0.6 is 45.2 Å². The lowest BCUT2D eigenvalue weighted by Crippen LogP contribution is -2.18. The van der Waals surface area contributed by atoms with Crippen LogP contribution in [0.2, 0.25) is 0 Å². The van der Waals surface area contributed by atoms with Gasteiger partial charge in [-0.1, -0.05) is 22.6 Å². The highest BCUT2D eigenvalue weighted by Gasteiger charge is 2.03. The molecule has 0 amide bonds. The van der Waals surface area contributed by atoms with Gasteiger partial charge in [-0.15, -0.1) is 0 Å². The van der Waals surface area contributed by atoms with Crippen LogP contribution in [-0.2, 0) is 23.7 Å². The fourth-order valence-electron chi connectivity index (χ4n) is 1.10. The minimum Gasteiger partial charge on any atom is -0.379 e. The molecule has 5 nitrogen and oxygen atoms in total. The molecule has 0 aromatic heterocycles. The molecule has 0 bridgehead atoms. The molecular formula is C12H24I2O5. The molecular weight excluding hydrogens is 478 g/mol. The van der Waals surface area contributed by atoms with Crippen LogP contribution in [0.15, 0.2) is 0 Å². The molecule has 0 spiro atoms. The zero-order chi connectivity index (χ0) is 14.2. The molecule has 0 radical (unpaired) electrons. The van der Waals surface area contributed by atoms with Crippen LogP contribution in [-0.4, -0.2) is 68.0 Å². The Hall–Kier alpha value is 1.26. The highest BCUT2D eigenvalue weighted by molar-refractivity contribution is 14.1. The number of ether oxygens (including phenoxy) is 5. The van der Waals surface area contributed by atoms with Crippen LogP contribution in [0.3, 0.4) is 0 Å². The summed E-state index contributed by atoms with van der Waals surface area (Å²) in [5, 5.41) is 0. The average Bonchev–Trinajstić information content (AvgIpc) is 2.41. The molecule has 0 aliphatic heterocycles. The lowest BCUT2D eigenvalue weighted by Gasteiger charge is -2.12. The first kappa shape index (κ1) is 20.3. The maximum atomic E-state index is 5.52. The number of halogens is 2. The first-order valence-electron chi connectivity index (χ1n) is 6.43. The Kier molecular flexibility index (Phi) is 18.5. The molecule has 0 heterocycles. The molecule has 0 aliphatic rings. The van der Waals surface area contributed by atoms with Gasteiger partial charge in [-0.3, -0.25) is 0 Å². The first-order chi connectivity index (χ1) is 9.31. The van der Waals surface area contributed by atoms with Crippen molar-refractivity contribution in [3.63, 3.8) is 0 Å². The molecule has 0 saturated carbocycles. The largest absolute Gasteiger partial charge is 0.379 e. The number of alkyl halides is 2. The molecule has 0 rings (SSSR count). The average molecular weight is 502 g/mol. The summed E-state index contributed by atoms with van der Waals surface area (Å²) >= 11 is 4.50. The van der Waals surface area contributed by atoms with E-state index < -0.39 is 0 Å². The van der Waals surface area contributed by atoms with Crippen molar-refractivity contribution in [1.29, 1.82) is 0 Å². The van der Waals surface area contributed by atoms with Crippen LogP contribution in [0.5, 0.6) is 0 Å². The monoisotopic (exact) mass is 502 g/mol. The summed E-state index contributed by atoms with van der Waals surface area (Å²) < 4.78 is 27.8. The van der Waals surface area contributed by atoms with Crippen molar-refractivity contribution in [2.75, 3.05) is 63.9 Å². The van der Waals surface area contributed by atoms with Crippen molar-refractivity contribution in [2.24, 2.45) is 0 Å². The smallest absolute Gasteiger partial charge is 0.132 e. The van der Waals surface area contributed by atoms with E-state index in [0.717, 1.165) is 17.6 Å². The van der Waals surface area contributed by atoms with E-state index in [1.54, 1.807) is 0 Å². The molecule has 0 aromatic rings. The predicted molar refractivity (Wildman–Crippen MR) is 91.6 cm³/mol. The van der Waals surface area contributed by atoms with Gasteiger partial charge < -0.3 is 23.7 Å². The van der Waals surface area contributed by atoms with Gasteiger partial charge in [0.05, 0.1) is 52.9 Å². The Morgan fingerprint density at radius 2 is 1.37 bits per heavy atom. The van der Waals surface area contributed by atoms with Crippen LogP contribution in [0.1, 0.15) is 6.92 Å². The van der Waals surface area contributed by atoms with Crippen LogP contribution in [0.25, 0.3) is 0 Å². The summed E-state index contributed by atoms with van der Waals surface area (Å²) in [4.78, 5) is 0. The van der Waals surface area contributed by atoms with E-state index in [4.69, 9.17) is 23.7 Å². The van der Waals surface area contributed by atoms with Gasteiger partial charge in [-0.2, -0.15) is 0 Å². The summed E-state index contributed by atoms with van der Waals surface area (Å²) in [6.45, 7) is 7.75. The SMILES string of the molecule is CCOCCOCCOCC(I)OCCOCCI. The summed E-state index contributed by atoms with van der Waals surface area (Å²) in [5.74, 6) is 0. The van der Waals surface area contributed by atoms with E-state index in [-0.39, 0.29) is 4.11 Å². The Morgan fingerprint density at radius 1 is 0.789 bits per heavy atom. The minimum atomic E-state index is 0.0595. The Bertz CT molecular complexity index is 174. The lowest BCUT2D eigenvalue weighted by molar-refractivity contribution is -0.0145. The molecule has 1 atom stereocenters. The zero-order valence-electron chi connectivity index (χ0n) is 11.4. The van der Waals surface area contributed by atoms with Gasteiger partial charge in [-0.05, 0) is 29.5 Å². The minimum absolute atomic E-state index is 0.0595. The van der Waals surface area contributed by atoms with Crippen molar-refractivity contribution < 1.29 is 23.7 Å². The number of hydrogen-bond acceptors (Lipinski definition) is 5. The van der Waals surface area contributed by atoms with E-state index in [9.17, 15) is 0 Å². The van der Waals surface area contributed by atoms with Gasteiger partial charge in [0.2, 0.25) is 0 Å². The Balaban J connectivity index is 3.09. The summed E-state index contributed by atoms with van der Waals surface area (Å²) in [5.41, 5.74) is 0. The van der Waals surface area contributed by atoms with Crippen LogP contribution < -0.4 is 0 Å². The third-order valence-corrected chi connectivity index (χ3v) is 3.10. The van der Waals surface area contributed by atoms with Gasteiger partial charge in [0.25, 0.3) is 0 Å². The molecule has 19 heavy (non-hydrogen) atoms. The Morgan fingerprint density at radius 3 is 2.05 bits per heavy atom. The third kappa shape index (κ3) is 17.2. The topological polar surface area (TPSA) is 46.2 Å². The van der Waals surface area contributed by atoms with E-state index in [1.165, 1.54) is 0 Å². The molecule has 0 aromatic carbocycles. The predicted octanol–water partition coefficient (Wildman–Crippen LogP) is 2.29. The van der Waals surface area contributed by atoms with Crippen LogP contribution in [0, 0.1) is 0 Å². The fraction of sp³-hybridized carbons (Fsp3) is 1.00.